The second-order valence-electron chi connectivity index (χ2n) is 19.3. The third-order valence-electron chi connectivity index (χ3n) is 15.0. The lowest BCUT2D eigenvalue weighted by Crippen LogP contribution is -2.28. The molecule has 380 valence electrons. The smallest absolute Gasteiger partial charge is 0.0713 e. The van der Waals surface area contributed by atoms with Crippen molar-refractivity contribution in [1.29, 1.82) is 0 Å². The fourth-order valence-corrected chi connectivity index (χ4v) is 10.8. The van der Waals surface area contributed by atoms with Crippen LogP contribution in [0.2, 0.25) is 0 Å². The van der Waals surface area contributed by atoms with Crippen molar-refractivity contribution in [2.45, 2.75) is 72.6 Å². The Hall–Kier alpha value is -8.88. The normalized spacial score (nSPS) is 11.8. The van der Waals surface area contributed by atoms with Crippen LogP contribution in [0.4, 0.5) is 45.5 Å². The second kappa shape index (κ2) is 22.5. The molecule has 75 heavy (non-hydrogen) atoms. The Kier molecular flexibility index (Phi) is 15.7. The van der Waals surface area contributed by atoms with Gasteiger partial charge < -0.3 is 45.9 Å². The van der Waals surface area contributed by atoms with E-state index in [2.05, 4.69) is 149 Å². The molecule has 0 amide bonds. The first-order valence-corrected chi connectivity index (χ1v) is 26.0. The Bertz CT molecular complexity index is 3440. The molecule has 10 aromatic carbocycles. The Morgan fingerprint density at radius 2 is 0.707 bits per heavy atom. The minimum atomic E-state index is -0.380. The Labute approximate surface area is 443 Å². The van der Waals surface area contributed by atoms with E-state index in [-0.39, 0.29) is 5.41 Å². The van der Waals surface area contributed by atoms with E-state index in [1.54, 1.807) is 0 Å². The maximum absolute atomic E-state index is 6.12. The van der Waals surface area contributed by atoms with E-state index in [0.717, 1.165) is 109 Å². The summed E-state index contributed by atoms with van der Waals surface area (Å²) in [5.41, 5.74) is 71.1. The quantitative estimate of drug-likeness (QED) is 0.0719. The summed E-state index contributed by atoms with van der Waals surface area (Å²) in [6.07, 6.45) is 3.83. The first kappa shape index (κ1) is 52.4. The SMILES string of the molecule is CCc1cc(C)c(N)c(CC)c1N.CCc1cc(CC)c(N)c(C)c1N.Nc1ccc(-c2ccc(N)c3ccccc23)c2ccccc12.Nc1ccc(C2(c3ccc(N)cc3)c3ccccc3-c3ccccc32)cc1. The maximum Gasteiger partial charge on any atom is 0.0713 e. The molecule has 0 aliphatic heterocycles. The third-order valence-corrected chi connectivity index (χ3v) is 15.0. The standard InChI is InChI=1S/C25H20N2.C20H16N2.2C11H18N2/c26-19-13-9-17(10-14-19)25(18-11-15-20(27)16-12-18)23-7-3-1-5-21(23)22-6-2-4-8-24(22)25;21-19-11-9-15(13-5-1-3-7-17(13)19)16-10-12-20(22)18-8-4-2-6-14(16)18;1-4-8-6-9(5-2)11(13)7(3)10(8)12;1-4-8-6-7(3)10(12)9(5-2)11(8)13/h1-16H,26-27H2;1-12H,21-22H2;2*6H,4-5,12-13H2,1-3H3. The van der Waals surface area contributed by atoms with Gasteiger partial charge in [-0.15, -0.1) is 0 Å². The molecule has 16 N–H and O–H groups in total. The molecule has 0 atom stereocenters. The van der Waals surface area contributed by atoms with Crippen molar-refractivity contribution in [1.82, 2.24) is 0 Å². The van der Waals surface area contributed by atoms with Crippen LogP contribution >= 0.6 is 0 Å². The van der Waals surface area contributed by atoms with Gasteiger partial charge >= 0.3 is 0 Å². The molecule has 0 fully saturated rings. The Balaban J connectivity index is 0.000000140. The van der Waals surface area contributed by atoms with Gasteiger partial charge in [0.1, 0.15) is 0 Å². The van der Waals surface area contributed by atoms with Gasteiger partial charge in [-0.3, -0.25) is 0 Å². The molecule has 0 radical (unpaired) electrons. The van der Waals surface area contributed by atoms with Gasteiger partial charge in [-0.1, -0.05) is 173 Å². The van der Waals surface area contributed by atoms with Gasteiger partial charge in [-0.25, -0.2) is 0 Å². The zero-order valence-corrected chi connectivity index (χ0v) is 44.3. The van der Waals surface area contributed by atoms with E-state index in [1.807, 2.05) is 74.5 Å². The van der Waals surface area contributed by atoms with Gasteiger partial charge in [0.25, 0.3) is 0 Å². The molecule has 0 unspecified atom stereocenters. The summed E-state index contributed by atoms with van der Waals surface area (Å²) in [7, 11) is 0. The van der Waals surface area contributed by atoms with Crippen LogP contribution < -0.4 is 45.9 Å². The van der Waals surface area contributed by atoms with Gasteiger partial charge in [0.05, 0.1) is 5.41 Å². The zero-order chi connectivity index (χ0) is 53.6. The topological polar surface area (TPSA) is 208 Å². The van der Waals surface area contributed by atoms with Crippen LogP contribution in [0.1, 0.15) is 83.3 Å². The van der Waals surface area contributed by atoms with Crippen molar-refractivity contribution in [2.24, 2.45) is 0 Å². The van der Waals surface area contributed by atoms with Crippen molar-refractivity contribution < 1.29 is 0 Å². The monoisotopic (exact) mass is 989 g/mol. The van der Waals surface area contributed by atoms with Crippen LogP contribution in [0.5, 0.6) is 0 Å². The summed E-state index contributed by atoms with van der Waals surface area (Å²) in [5.74, 6) is 0. The van der Waals surface area contributed by atoms with Crippen molar-refractivity contribution >= 4 is 67.0 Å². The van der Waals surface area contributed by atoms with Crippen LogP contribution in [0.15, 0.2) is 182 Å². The Morgan fingerprint density at radius 1 is 0.333 bits per heavy atom. The number of nitrogen functional groups attached to an aromatic ring is 8. The highest BCUT2D eigenvalue weighted by Gasteiger charge is 2.45. The van der Waals surface area contributed by atoms with Crippen molar-refractivity contribution in [2.75, 3.05) is 45.9 Å². The molecule has 0 saturated heterocycles. The number of aryl methyl sites for hydroxylation is 4. The fourth-order valence-electron chi connectivity index (χ4n) is 10.8. The largest absolute Gasteiger partial charge is 0.399 e. The molecule has 8 nitrogen and oxygen atoms in total. The highest BCUT2D eigenvalue weighted by atomic mass is 14.6. The number of hydrogen-bond donors (Lipinski definition) is 8. The number of nitrogens with two attached hydrogens (primary N) is 8. The summed E-state index contributed by atoms with van der Waals surface area (Å²) in [6, 6.07) is 62.7. The summed E-state index contributed by atoms with van der Waals surface area (Å²) in [5, 5.41) is 4.50. The van der Waals surface area contributed by atoms with E-state index in [1.165, 1.54) is 61.2 Å². The van der Waals surface area contributed by atoms with E-state index < -0.39 is 0 Å². The molecule has 0 bridgehead atoms. The average molecular weight is 989 g/mol. The lowest BCUT2D eigenvalue weighted by Gasteiger charge is -2.34. The molecular formula is C67H72N8. The molecule has 10 aromatic rings. The van der Waals surface area contributed by atoms with Crippen molar-refractivity contribution in [3.63, 3.8) is 0 Å². The summed E-state index contributed by atoms with van der Waals surface area (Å²) >= 11 is 0. The lowest BCUT2D eigenvalue weighted by atomic mass is 9.67. The van der Waals surface area contributed by atoms with E-state index >= 15 is 0 Å². The highest BCUT2D eigenvalue weighted by Crippen LogP contribution is 2.56. The molecule has 1 aliphatic rings. The van der Waals surface area contributed by atoms with E-state index in [0.29, 0.717) is 0 Å². The number of fused-ring (bicyclic) bond motifs is 5. The molecule has 8 heteroatoms. The minimum Gasteiger partial charge on any atom is -0.399 e. The predicted molar refractivity (Wildman–Crippen MR) is 326 cm³/mol. The summed E-state index contributed by atoms with van der Waals surface area (Å²) in [4.78, 5) is 0. The van der Waals surface area contributed by atoms with Crippen LogP contribution in [-0.4, -0.2) is 0 Å². The lowest BCUT2D eigenvalue weighted by molar-refractivity contribution is 0.769. The Morgan fingerprint density at radius 3 is 1.11 bits per heavy atom. The second-order valence-corrected chi connectivity index (χ2v) is 19.3. The number of benzene rings is 10. The molecular weight excluding hydrogens is 917 g/mol. The van der Waals surface area contributed by atoms with Gasteiger partial charge in [0.15, 0.2) is 0 Å². The van der Waals surface area contributed by atoms with E-state index in [9.17, 15) is 0 Å². The zero-order valence-electron chi connectivity index (χ0n) is 44.3. The molecule has 0 spiro atoms. The first-order chi connectivity index (χ1) is 36.2. The van der Waals surface area contributed by atoms with Gasteiger partial charge in [-0.05, 0) is 165 Å². The number of anilines is 8. The number of hydrogen-bond acceptors (Lipinski definition) is 8. The predicted octanol–water partition coefficient (Wildman–Crippen LogP) is 14.6. The van der Waals surface area contributed by atoms with Crippen LogP contribution in [-0.2, 0) is 31.1 Å². The van der Waals surface area contributed by atoms with Gasteiger partial charge in [0, 0.05) is 56.3 Å². The average Bonchev–Trinajstić information content (AvgIpc) is 3.74. The number of rotatable bonds is 7. The minimum absolute atomic E-state index is 0.380. The summed E-state index contributed by atoms with van der Waals surface area (Å²) < 4.78 is 0. The van der Waals surface area contributed by atoms with Crippen LogP contribution in [0, 0.1) is 13.8 Å². The third kappa shape index (κ3) is 9.99. The molecule has 11 rings (SSSR count). The maximum atomic E-state index is 6.12. The van der Waals surface area contributed by atoms with Gasteiger partial charge in [0.2, 0.25) is 0 Å². The van der Waals surface area contributed by atoms with Crippen LogP contribution in [0.25, 0.3) is 43.8 Å². The van der Waals surface area contributed by atoms with Crippen molar-refractivity contribution in [3.8, 4) is 22.3 Å². The molecule has 0 heterocycles. The van der Waals surface area contributed by atoms with Gasteiger partial charge in [-0.2, -0.15) is 0 Å². The van der Waals surface area contributed by atoms with Crippen molar-refractivity contribution in [3.05, 3.63) is 238 Å². The summed E-state index contributed by atoms with van der Waals surface area (Å²) in [6.45, 7) is 12.4. The molecule has 0 saturated carbocycles. The fraction of sp³-hybridized carbons (Fsp3) is 0.164. The molecule has 1 aliphatic carbocycles. The first-order valence-electron chi connectivity index (χ1n) is 26.0. The van der Waals surface area contributed by atoms with E-state index in [4.69, 9.17) is 45.9 Å². The molecule has 0 aromatic heterocycles. The highest BCUT2D eigenvalue weighted by molar-refractivity contribution is 6.10. The van der Waals surface area contributed by atoms with Crippen LogP contribution in [0.3, 0.4) is 0 Å².